The van der Waals surface area contributed by atoms with Gasteiger partial charge in [-0.2, -0.15) is 0 Å². The summed E-state index contributed by atoms with van der Waals surface area (Å²) in [4.78, 5) is 13.6. The number of β-amino-alcohol motifs (C(OH)–C–C–N with tert-alkyl or cyclic N) is 1. The largest absolute Gasteiger partial charge is 0.444 e. The molecule has 0 spiro atoms. The molecule has 5 heteroatoms. The number of carbonyl (C=O) groups is 1. The predicted octanol–water partition coefficient (Wildman–Crippen LogP) is 0.966. The highest BCUT2D eigenvalue weighted by Crippen LogP contribution is 2.19. The van der Waals surface area contributed by atoms with Crippen LogP contribution in [0.2, 0.25) is 0 Å². The van der Waals surface area contributed by atoms with E-state index in [-0.39, 0.29) is 6.04 Å². The van der Waals surface area contributed by atoms with Crippen molar-refractivity contribution in [1.82, 2.24) is 10.2 Å². The zero-order valence-corrected chi connectivity index (χ0v) is 11.4. The van der Waals surface area contributed by atoms with Crippen LogP contribution in [-0.2, 0) is 4.74 Å². The average Bonchev–Trinajstić information content (AvgIpc) is 1.94. The van der Waals surface area contributed by atoms with Crippen molar-refractivity contribution >= 4 is 6.09 Å². The number of rotatable bonds is 3. The fourth-order valence-corrected chi connectivity index (χ4v) is 1.99. The minimum atomic E-state index is -0.564. The van der Waals surface area contributed by atoms with Crippen molar-refractivity contribution in [2.75, 3.05) is 19.6 Å². The van der Waals surface area contributed by atoms with Crippen LogP contribution in [0.25, 0.3) is 0 Å². The minimum Gasteiger partial charge on any atom is -0.444 e. The van der Waals surface area contributed by atoms with Gasteiger partial charge < -0.3 is 15.2 Å². The normalized spacial score (nSPS) is 21.5. The highest BCUT2D eigenvalue weighted by atomic mass is 16.6. The van der Waals surface area contributed by atoms with E-state index in [1.54, 1.807) is 0 Å². The molecule has 1 amide bonds. The van der Waals surface area contributed by atoms with Gasteiger partial charge in [-0.05, 0) is 34.6 Å². The Balaban J connectivity index is 2.22. The van der Waals surface area contributed by atoms with Crippen LogP contribution in [0.5, 0.6) is 0 Å². The van der Waals surface area contributed by atoms with Gasteiger partial charge in [-0.3, -0.25) is 4.90 Å². The maximum absolute atomic E-state index is 11.5. The SMILES string of the molecule is C[C@H](CN1CC(C)(O)C1)NC(=O)OC(C)(C)C. The van der Waals surface area contributed by atoms with Crippen molar-refractivity contribution in [3.05, 3.63) is 0 Å². The third-order valence-electron chi connectivity index (χ3n) is 2.42. The lowest BCUT2D eigenvalue weighted by molar-refractivity contribution is -0.0852. The van der Waals surface area contributed by atoms with Gasteiger partial charge in [0.15, 0.2) is 0 Å². The molecule has 0 saturated carbocycles. The lowest BCUT2D eigenvalue weighted by atomic mass is 9.96. The van der Waals surface area contributed by atoms with Crippen LogP contribution in [0.4, 0.5) is 4.79 Å². The topological polar surface area (TPSA) is 61.8 Å². The number of amides is 1. The van der Waals surface area contributed by atoms with E-state index in [2.05, 4.69) is 10.2 Å². The van der Waals surface area contributed by atoms with Gasteiger partial charge in [0, 0.05) is 25.7 Å². The molecule has 1 fully saturated rings. The van der Waals surface area contributed by atoms with Crippen LogP contribution in [0, 0.1) is 0 Å². The van der Waals surface area contributed by atoms with Crippen molar-refractivity contribution in [2.45, 2.75) is 51.9 Å². The van der Waals surface area contributed by atoms with Crippen molar-refractivity contribution < 1.29 is 14.6 Å². The van der Waals surface area contributed by atoms with Gasteiger partial charge in [0.1, 0.15) is 5.60 Å². The zero-order chi connectivity index (χ0) is 13.3. The summed E-state index contributed by atoms with van der Waals surface area (Å²) in [6.07, 6.45) is -0.391. The second-order valence-electron chi connectivity index (χ2n) is 6.21. The Bertz CT molecular complexity index is 276. The summed E-state index contributed by atoms with van der Waals surface area (Å²) in [5, 5.41) is 12.4. The summed E-state index contributed by atoms with van der Waals surface area (Å²) in [5.74, 6) is 0. The molecule has 0 radical (unpaired) electrons. The number of nitrogens with zero attached hydrogens (tertiary/aromatic N) is 1. The molecular formula is C12H24N2O3. The van der Waals surface area contributed by atoms with Gasteiger partial charge in [0.05, 0.1) is 5.60 Å². The molecule has 0 aliphatic carbocycles. The van der Waals surface area contributed by atoms with E-state index in [9.17, 15) is 9.90 Å². The van der Waals surface area contributed by atoms with Gasteiger partial charge in [-0.15, -0.1) is 0 Å². The molecule has 0 bridgehead atoms. The van der Waals surface area contributed by atoms with E-state index in [0.29, 0.717) is 13.1 Å². The highest BCUT2D eigenvalue weighted by Gasteiger charge is 2.36. The Kier molecular flexibility index (Phi) is 4.04. The molecule has 0 aromatic heterocycles. The van der Waals surface area contributed by atoms with Gasteiger partial charge in [-0.1, -0.05) is 0 Å². The molecule has 1 aliphatic rings. The van der Waals surface area contributed by atoms with Gasteiger partial charge in [0.25, 0.3) is 0 Å². The first kappa shape index (κ1) is 14.3. The Labute approximate surface area is 103 Å². The molecule has 0 aromatic carbocycles. The van der Waals surface area contributed by atoms with Gasteiger partial charge in [-0.25, -0.2) is 4.79 Å². The first-order valence-corrected chi connectivity index (χ1v) is 6.02. The summed E-state index contributed by atoms with van der Waals surface area (Å²) in [6.45, 7) is 11.3. The van der Waals surface area contributed by atoms with Crippen molar-refractivity contribution in [3.8, 4) is 0 Å². The first-order chi connectivity index (χ1) is 7.57. The molecular weight excluding hydrogens is 220 g/mol. The van der Waals surface area contributed by atoms with Crippen LogP contribution in [-0.4, -0.2) is 53.0 Å². The quantitative estimate of drug-likeness (QED) is 0.776. The molecule has 1 heterocycles. The number of hydrogen-bond donors (Lipinski definition) is 2. The van der Waals surface area contributed by atoms with Gasteiger partial charge in [0.2, 0.25) is 0 Å². The van der Waals surface area contributed by atoms with E-state index in [1.165, 1.54) is 0 Å². The highest BCUT2D eigenvalue weighted by molar-refractivity contribution is 5.68. The number of alkyl carbamates (subject to hydrolysis) is 1. The number of ether oxygens (including phenoxy) is 1. The zero-order valence-electron chi connectivity index (χ0n) is 11.4. The molecule has 1 saturated heterocycles. The molecule has 1 rings (SSSR count). The molecule has 1 atom stereocenters. The smallest absolute Gasteiger partial charge is 0.407 e. The standard InChI is InChI=1S/C12H24N2O3/c1-9(6-14-7-12(5,16)8-14)13-10(15)17-11(2,3)4/h9,16H,6-8H2,1-5H3,(H,13,15)/t9-/m1/s1. The van der Waals surface area contributed by atoms with Crippen LogP contribution in [0.3, 0.4) is 0 Å². The summed E-state index contributed by atoms with van der Waals surface area (Å²) >= 11 is 0. The van der Waals surface area contributed by atoms with E-state index in [0.717, 1.165) is 6.54 Å². The summed E-state index contributed by atoms with van der Waals surface area (Å²) in [5.41, 5.74) is -1.03. The number of nitrogens with one attached hydrogen (secondary N) is 1. The molecule has 17 heavy (non-hydrogen) atoms. The Morgan fingerprint density at radius 3 is 2.47 bits per heavy atom. The fourth-order valence-electron chi connectivity index (χ4n) is 1.99. The molecule has 100 valence electrons. The summed E-state index contributed by atoms with van der Waals surface area (Å²) in [7, 11) is 0. The van der Waals surface area contributed by atoms with E-state index in [4.69, 9.17) is 4.74 Å². The lowest BCUT2D eigenvalue weighted by Gasteiger charge is -2.45. The van der Waals surface area contributed by atoms with Crippen molar-refractivity contribution in [2.24, 2.45) is 0 Å². The second kappa shape index (κ2) is 4.82. The summed E-state index contributed by atoms with van der Waals surface area (Å²) < 4.78 is 5.16. The number of carbonyl (C=O) groups excluding carboxylic acids is 1. The third-order valence-corrected chi connectivity index (χ3v) is 2.42. The maximum atomic E-state index is 11.5. The molecule has 0 aromatic rings. The van der Waals surface area contributed by atoms with Crippen molar-refractivity contribution in [1.29, 1.82) is 0 Å². The van der Waals surface area contributed by atoms with E-state index >= 15 is 0 Å². The molecule has 0 unspecified atom stereocenters. The maximum Gasteiger partial charge on any atom is 0.407 e. The molecule has 5 nitrogen and oxygen atoms in total. The third kappa shape index (κ3) is 5.37. The molecule has 2 N–H and O–H groups in total. The first-order valence-electron chi connectivity index (χ1n) is 6.02. The van der Waals surface area contributed by atoms with Crippen molar-refractivity contribution in [3.63, 3.8) is 0 Å². The van der Waals surface area contributed by atoms with Crippen LogP contribution in [0.15, 0.2) is 0 Å². The lowest BCUT2D eigenvalue weighted by Crippen LogP contribution is -2.62. The van der Waals surface area contributed by atoms with Crippen LogP contribution < -0.4 is 5.32 Å². The number of hydrogen-bond acceptors (Lipinski definition) is 4. The molecule has 1 aliphatic heterocycles. The van der Waals surface area contributed by atoms with E-state index in [1.807, 2.05) is 34.6 Å². The number of likely N-dealkylation sites (tertiary alicyclic amines) is 1. The van der Waals surface area contributed by atoms with Crippen LogP contribution in [0.1, 0.15) is 34.6 Å². The average molecular weight is 244 g/mol. The van der Waals surface area contributed by atoms with Crippen LogP contribution >= 0.6 is 0 Å². The Hall–Kier alpha value is -0.810. The van der Waals surface area contributed by atoms with E-state index < -0.39 is 17.3 Å². The Morgan fingerprint density at radius 1 is 1.53 bits per heavy atom. The minimum absolute atomic E-state index is 0.0148. The number of aliphatic hydroxyl groups is 1. The fraction of sp³-hybridized carbons (Fsp3) is 0.917. The predicted molar refractivity (Wildman–Crippen MR) is 65.9 cm³/mol. The Morgan fingerprint density at radius 2 is 2.06 bits per heavy atom. The van der Waals surface area contributed by atoms with Gasteiger partial charge >= 0.3 is 6.09 Å². The monoisotopic (exact) mass is 244 g/mol. The second-order valence-corrected chi connectivity index (χ2v) is 6.21. The summed E-state index contributed by atoms with van der Waals surface area (Å²) in [6, 6.07) is 0.0148.